The lowest BCUT2D eigenvalue weighted by Crippen LogP contribution is -2.28. The van der Waals surface area contributed by atoms with E-state index in [1.807, 2.05) is 0 Å². The third-order valence-electron chi connectivity index (χ3n) is 3.93. The predicted molar refractivity (Wildman–Crippen MR) is 89.6 cm³/mol. The van der Waals surface area contributed by atoms with E-state index in [0.29, 0.717) is 11.1 Å². The van der Waals surface area contributed by atoms with Crippen molar-refractivity contribution in [2.75, 3.05) is 12.9 Å². The van der Waals surface area contributed by atoms with Gasteiger partial charge < -0.3 is 4.74 Å². The Hall–Kier alpha value is -2.29. The summed E-state index contributed by atoms with van der Waals surface area (Å²) in [4.78, 5) is 28.6. The number of ether oxygens (including phenoxy) is 1. The minimum absolute atomic E-state index is 0.208. The van der Waals surface area contributed by atoms with Crippen LogP contribution in [0.3, 0.4) is 0 Å². The summed E-state index contributed by atoms with van der Waals surface area (Å²) < 4.78 is 44.0. The van der Waals surface area contributed by atoms with Gasteiger partial charge in [0.1, 0.15) is 5.56 Å². The van der Waals surface area contributed by atoms with Gasteiger partial charge in [0, 0.05) is 5.75 Å². The summed E-state index contributed by atoms with van der Waals surface area (Å²) >= 11 is 1.34. The van der Waals surface area contributed by atoms with Crippen LogP contribution in [0.4, 0.5) is 13.2 Å². The van der Waals surface area contributed by atoms with Gasteiger partial charge in [-0.15, -0.1) is 0 Å². The lowest BCUT2D eigenvalue weighted by Gasteiger charge is -2.14. The lowest BCUT2D eigenvalue weighted by atomic mass is 10.2. The van der Waals surface area contributed by atoms with E-state index in [1.54, 1.807) is 0 Å². The fourth-order valence-electron chi connectivity index (χ4n) is 2.30. The number of benzene rings is 1. The molecule has 1 saturated carbocycles. The highest BCUT2D eigenvalue weighted by molar-refractivity contribution is 7.99. The Morgan fingerprint density at radius 3 is 2.50 bits per heavy atom. The normalized spacial score (nSPS) is 14.3. The first kappa shape index (κ1) is 18.5. The number of rotatable bonds is 5. The quantitative estimate of drug-likeness (QED) is 0.448. The van der Waals surface area contributed by atoms with E-state index >= 15 is 0 Å². The zero-order chi connectivity index (χ0) is 18.9. The van der Waals surface area contributed by atoms with Crippen LogP contribution in [0.1, 0.15) is 28.8 Å². The molecule has 0 aliphatic heterocycles. The topological polar surface area (TPSA) is 61.2 Å². The third kappa shape index (κ3) is 3.92. The molecule has 0 radical (unpaired) electrons. The second kappa shape index (κ2) is 7.14. The van der Waals surface area contributed by atoms with Crippen molar-refractivity contribution in [2.24, 2.45) is 5.92 Å². The number of thioether (sulfide) groups is 1. The molecule has 1 aliphatic carbocycles. The average Bonchev–Trinajstić information content (AvgIpc) is 3.43. The molecule has 1 aliphatic rings. The molecular formula is C17H15F3N2O3S. The molecular weight excluding hydrogens is 369 g/mol. The average molecular weight is 384 g/mol. The molecule has 0 amide bonds. The van der Waals surface area contributed by atoms with Gasteiger partial charge in [-0.3, -0.25) is 9.36 Å². The number of nitrogens with zero attached hydrogens (tertiary/aromatic N) is 2. The van der Waals surface area contributed by atoms with E-state index in [0.717, 1.165) is 48.6 Å². The maximum Gasteiger partial charge on any atom is 0.416 e. The first-order chi connectivity index (χ1) is 12.3. The van der Waals surface area contributed by atoms with Crippen LogP contribution in [-0.2, 0) is 10.9 Å². The maximum absolute atomic E-state index is 12.8. The summed E-state index contributed by atoms with van der Waals surface area (Å²) in [5, 5.41) is 0.328. The van der Waals surface area contributed by atoms with Crippen LogP contribution >= 0.6 is 11.8 Å². The van der Waals surface area contributed by atoms with Crippen LogP contribution in [-0.4, -0.2) is 28.4 Å². The first-order valence-electron chi connectivity index (χ1n) is 7.82. The minimum atomic E-state index is -4.47. The van der Waals surface area contributed by atoms with Crippen LogP contribution in [0.5, 0.6) is 0 Å². The van der Waals surface area contributed by atoms with Crippen molar-refractivity contribution >= 4 is 17.7 Å². The highest BCUT2D eigenvalue weighted by Crippen LogP contribution is 2.35. The molecule has 0 bridgehead atoms. The number of halogens is 3. The molecule has 1 aromatic heterocycles. The first-order valence-corrected chi connectivity index (χ1v) is 8.80. The van der Waals surface area contributed by atoms with E-state index in [1.165, 1.54) is 23.9 Å². The molecule has 5 nitrogen and oxygen atoms in total. The standard InChI is InChI=1S/C17H15F3N2O3S/c1-25-15(24)13-8-21-16(26-9-10-2-3-10)22(14(13)23)12-6-4-11(5-7-12)17(18,19)20/h4-8,10H,2-3,9H2,1H3. The summed E-state index contributed by atoms with van der Waals surface area (Å²) in [7, 11) is 1.14. The molecule has 1 fully saturated rings. The SMILES string of the molecule is COC(=O)c1cnc(SCC2CC2)n(-c2ccc(C(F)(F)F)cc2)c1=O. The maximum atomic E-state index is 12.8. The largest absolute Gasteiger partial charge is 0.465 e. The Kier molecular flexibility index (Phi) is 5.08. The van der Waals surface area contributed by atoms with Crippen molar-refractivity contribution in [2.45, 2.75) is 24.2 Å². The number of hydrogen-bond acceptors (Lipinski definition) is 5. The fourth-order valence-corrected chi connectivity index (χ4v) is 3.46. The smallest absolute Gasteiger partial charge is 0.416 e. The zero-order valence-corrected chi connectivity index (χ0v) is 14.6. The Morgan fingerprint density at radius 2 is 1.96 bits per heavy atom. The van der Waals surface area contributed by atoms with Crippen molar-refractivity contribution in [3.63, 3.8) is 0 Å². The van der Waals surface area contributed by atoms with Crippen LogP contribution < -0.4 is 5.56 Å². The van der Waals surface area contributed by atoms with E-state index in [9.17, 15) is 22.8 Å². The molecule has 1 heterocycles. The van der Waals surface area contributed by atoms with Gasteiger partial charge in [0.05, 0.1) is 24.6 Å². The van der Waals surface area contributed by atoms with E-state index < -0.39 is 23.3 Å². The number of esters is 1. The van der Waals surface area contributed by atoms with Crippen molar-refractivity contribution in [1.29, 1.82) is 0 Å². The molecule has 0 saturated heterocycles. The highest BCUT2D eigenvalue weighted by atomic mass is 32.2. The Balaban J connectivity index is 2.06. The van der Waals surface area contributed by atoms with Gasteiger partial charge in [0.2, 0.25) is 0 Å². The number of carbonyl (C=O) groups excluding carboxylic acids is 1. The van der Waals surface area contributed by atoms with Crippen molar-refractivity contribution in [3.05, 3.63) is 51.9 Å². The molecule has 0 spiro atoms. The molecule has 138 valence electrons. The highest BCUT2D eigenvalue weighted by Gasteiger charge is 2.30. The predicted octanol–water partition coefficient (Wildman–Crippen LogP) is 3.54. The second-order valence-corrected chi connectivity index (χ2v) is 6.87. The molecule has 26 heavy (non-hydrogen) atoms. The Labute approximate surface area is 151 Å². The van der Waals surface area contributed by atoms with Crippen molar-refractivity contribution < 1.29 is 22.7 Å². The van der Waals surface area contributed by atoms with Crippen molar-refractivity contribution in [1.82, 2.24) is 9.55 Å². The van der Waals surface area contributed by atoms with Crippen molar-refractivity contribution in [3.8, 4) is 5.69 Å². The number of aromatic nitrogens is 2. The van der Waals surface area contributed by atoms with Gasteiger partial charge >= 0.3 is 12.1 Å². The number of hydrogen-bond donors (Lipinski definition) is 0. The van der Waals surface area contributed by atoms with Crippen LogP contribution in [0.2, 0.25) is 0 Å². The molecule has 0 unspecified atom stereocenters. The second-order valence-electron chi connectivity index (χ2n) is 5.89. The minimum Gasteiger partial charge on any atom is -0.465 e. The summed E-state index contributed by atoms with van der Waals surface area (Å²) in [6, 6.07) is 4.16. The van der Waals surface area contributed by atoms with Gasteiger partial charge in [0.25, 0.3) is 5.56 Å². The number of methoxy groups -OCH3 is 1. The van der Waals surface area contributed by atoms with E-state index in [2.05, 4.69) is 9.72 Å². The van der Waals surface area contributed by atoms with Crippen LogP contribution in [0, 0.1) is 5.92 Å². The molecule has 0 N–H and O–H groups in total. The monoisotopic (exact) mass is 384 g/mol. The van der Waals surface area contributed by atoms with Gasteiger partial charge in [-0.1, -0.05) is 11.8 Å². The van der Waals surface area contributed by atoms with Gasteiger partial charge in [-0.05, 0) is 43.0 Å². The molecule has 3 rings (SSSR count). The summed E-state index contributed by atoms with van der Waals surface area (Å²) in [6.07, 6.45) is -1.11. The Morgan fingerprint density at radius 1 is 1.31 bits per heavy atom. The number of carbonyl (C=O) groups is 1. The molecule has 1 aromatic carbocycles. The zero-order valence-electron chi connectivity index (χ0n) is 13.7. The Bertz CT molecular complexity index is 874. The van der Waals surface area contributed by atoms with Crippen LogP contribution in [0.25, 0.3) is 5.69 Å². The van der Waals surface area contributed by atoms with Gasteiger partial charge in [-0.2, -0.15) is 13.2 Å². The summed E-state index contributed by atoms with van der Waals surface area (Å²) in [5.41, 5.74) is -1.56. The van der Waals surface area contributed by atoms with E-state index in [4.69, 9.17) is 0 Å². The van der Waals surface area contributed by atoms with Crippen LogP contribution in [0.15, 0.2) is 40.4 Å². The summed E-state index contributed by atoms with van der Waals surface area (Å²) in [6.45, 7) is 0. The number of alkyl halides is 3. The third-order valence-corrected chi connectivity index (χ3v) is 5.12. The molecule has 9 heteroatoms. The fraction of sp³-hybridized carbons (Fsp3) is 0.353. The van der Waals surface area contributed by atoms with Gasteiger partial charge in [-0.25, -0.2) is 9.78 Å². The summed E-state index contributed by atoms with van der Waals surface area (Å²) in [5.74, 6) is 0.463. The van der Waals surface area contributed by atoms with E-state index in [-0.39, 0.29) is 11.3 Å². The molecule has 2 aromatic rings. The molecule has 0 atom stereocenters. The van der Waals surface area contributed by atoms with Gasteiger partial charge in [0.15, 0.2) is 5.16 Å². The lowest BCUT2D eigenvalue weighted by molar-refractivity contribution is -0.137.